The second-order valence-corrected chi connectivity index (χ2v) is 7.85. The van der Waals surface area contributed by atoms with E-state index < -0.39 is 11.8 Å². The molecule has 5 rings (SSSR count). The number of ether oxygens (including phenoxy) is 1. The van der Waals surface area contributed by atoms with Crippen LogP contribution in [0.5, 0.6) is 5.88 Å². The van der Waals surface area contributed by atoms with Gasteiger partial charge in [0.05, 0.1) is 0 Å². The van der Waals surface area contributed by atoms with Gasteiger partial charge in [0.2, 0.25) is 5.89 Å². The lowest BCUT2D eigenvalue weighted by molar-refractivity contribution is 0.142. The molecule has 164 valence electrons. The number of carbonyl (C=O) groups is 1. The fourth-order valence-electron chi connectivity index (χ4n) is 4.03. The van der Waals surface area contributed by atoms with Gasteiger partial charge >= 0.3 is 11.8 Å². The third-order valence-corrected chi connectivity index (χ3v) is 5.77. The number of aromatic nitrogens is 3. The number of carboxylic acid groups (broad SMARTS) is 1. The van der Waals surface area contributed by atoms with E-state index in [0.717, 1.165) is 34.1 Å². The number of fused-ring (bicyclic) bond motifs is 2. The highest BCUT2D eigenvalue weighted by Crippen LogP contribution is 2.39. The summed E-state index contributed by atoms with van der Waals surface area (Å²) >= 11 is 5.58. The molecule has 0 spiro atoms. The summed E-state index contributed by atoms with van der Waals surface area (Å²) in [4.78, 5) is 30.1. The molecule has 8 nitrogen and oxygen atoms in total. The Hall–Kier alpha value is -4.24. The second kappa shape index (κ2) is 8.36. The van der Waals surface area contributed by atoms with E-state index in [-0.39, 0.29) is 24.2 Å². The minimum absolute atomic E-state index is 0.0326. The van der Waals surface area contributed by atoms with Gasteiger partial charge in [-0.25, -0.2) is 9.59 Å². The minimum atomic E-state index is -1.50. The lowest BCUT2D eigenvalue weighted by Crippen LogP contribution is -2.25. The predicted molar refractivity (Wildman–Crippen MR) is 123 cm³/mol. The van der Waals surface area contributed by atoms with E-state index in [4.69, 9.17) is 21.7 Å². The van der Waals surface area contributed by atoms with Crippen molar-refractivity contribution in [3.8, 4) is 5.88 Å². The standard InChI is InChI=1S/C24H17N3O5S/c28-23-26-22(33)18(11-27(23)12-19-25-20(13-31-19)32-24(29)30)21-16-7-3-1-5-14(16)9-10-15-6-2-4-8-17(15)21/h1-11,13,21H,12H2,(H,29,30)(H,26,28,33). The number of nitrogens with zero attached hydrogens (tertiary/aromatic N) is 2. The van der Waals surface area contributed by atoms with Crippen LogP contribution in [-0.4, -0.2) is 25.8 Å². The maximum Gasteiger partial charge on any atom is 0.512 e. The first-order chi connectivity index (χ1) is 16.0. The normalized spacial score (nSPS) is 12.6. The van der Waals surface area contributed by atoms with Gasteiger partial charge in [-0.2, -0.15) is 4.98 Å². The van der Waals surface area contributed by atoms with E-state index in [0.29, 0.717) is 4.64 Å². The number of rotatable bonds is 4. The fraction of sp³-hybridized carbons (Fsp3) is 0.0833. The molecule has 2 heterocycles. The largest absolute Gasteiger partial charge is 0.512 e. The Labute approximate surface area is 192 Å². The summed E-state index contributed by atoms with van der Waals surface area (Å²) in [5.41, 5.74) is 4.58. The molecule has 2 aromatic carbocycles. The summed E-state index contributed by atoms with van der Waals surface area (Å²) in [5.74, 6) is -0.293. The highest BCUT2D eigenvalue weighted by Gasteiger charge is 2.25. The number of H-pyrrole nitrogens is 1. The Morgan fingerprint density at radius 1 is 1.09 bits per heavy atom. The molecule has 1 aliphatic rings. The van der Waals surface area contributed by atoms with E-state index >= 15 is 0 Å². The molecule has 1 aliphatic carbocycles. The average molecular weight is 459 g/mol. The molecule has 33 heavy (non-hydrogen) atoms. The third-order valence-electron chi connectivity index (χ3n) is 5.43. The summed E-state index contributed by atoms with van der Waals surface area (Å²) in [7, 11) is 0. The van der Waals surface area contributed by atoms with Gasteiger partial charge in [-0.1, -0.05) is 72.9 Å². The predicted octanol–water partition coefficient (Wildman–Crippen LogP) is 4.66. The van der Waals surface area contributed by atoms with Crippen LogP contribution in [0.15, 0.2) is 70.2 Å². The molecule has 0 aliphatic heterocycles. The molecule has 0 unspecified atom stereocenters. The lowest BCUT2D eigenvalue weighted by atomic mass is 9.83. The monoisotopic (exact) mass is 459 g/mol. The van der Waals surface area contributed by atoms with Crippen LogP contribution < -0.4 is 10.4 Å². The molecule has 0 amide bonds. The molecule has 9 heteroatoms. The molecule has 0 atom stereocenters. The quantitative estimate of drug-likeness (QED) is 0.297. The van der Waals surface area contributed by atoms with E-state index in [2.05, 4.69) is 39.0 Å². The summed E-state index contributed by atoms with van der Waals surface area (Å²) < 4.78 is 11.5. The van der Waals surface area contributed by atoms with Crippen LogP contribution in [0.4, 0.5) is 4.79 Å². The van der Waals surface area contributed by atoms with Crippen molar-refractivity contribution in [2.45, 2.75) is 12.5 Å². The summed E-state index contributed by atoms with van der Waals surface area (Å²) in [6, 6.07) is 16.1. The molecular formula is C24H17N3O5S. The fourth-order valence-corrected chi connectivity index (χ4v) is 4.29. The van der Waals surface area contributed by atoms with Crippen LogP contribution in [0.25, 0.3) is 12.2 Å². The third kappa shape index (κ3) is 4.01. The second-order valence-electron chi connectivity index (χ2n) is 7.44. The van der Waals surface area contributed by atoms with Crippen LogP contribution in [0, 0.1) is 4.64 Å². The molecule has 0 bridgehead atoms. The molecule has 0 saturated carbocycles. The van der Waals surface area contributed by atoms with E-state index in [9.17, 15) is 9.59 Å². The first kappa shape index (κ1) is 20.7. The van der Waals surface area contributed by atoms with Gasteiger partial charge in [0, 0.05) is 17.7 Å². The van der Waals surface area contributed by atoms with Crippen LogP contribution in [0.3, 0.4) is 0 Å². The van der Waals surface area contributed by atoms with Crippen molar-refractivity contribution in [2.75, 3.05) is 0 Å². The number of oxazole rings is 1. The molecule has 2 N–H and O–H groups in total. The van der Waals surface area contributed by atoms with Crippen molar-refractivity contribution >= 4 is 30.5 Å². The number of nitrogens with one attached hydrogen (secondary N) is 1. The number of hydrogen-bond donors (Lipinski definition) is 2. The molecular weight excluding hydrogens is 442 g/mol. The van der Waals surface area contributed by atoms with E-state index in [1.165, 1.54) is 4.57 Å². The van der Waals surface area contributed by atoms with Gasteiger partial charge in [0.15, 0.2) is 6.26 Å². The van der Waals surface area contributed by atoms with Crippen LogP contribution in [0.1, 0.15) is 39.6 Å². The zero-order valence-electron chi connectivity index (χ0n) is 17.1. The Kier molecular flexibility index (Phi) is 5.23. The SMILES string of the molecule is O=C(O)Oc1coc(Cn2cc(C3c4ccccc4C=Cc4ccccc43)c(=S)[nH]c2=O)n1. The zero-order valence-corrected chi connectivity index (χ0v) is 17.9. The van der Waals surface area contributed by atoms with Gasteiger partial charge < -0.3 is 14.3 Å². The Morgan fingerprint density at radius 2 is 1.73 bits per heavy atom. The van der Waals surface area contributed by atoms with Gasteiger partial charge in [0.25, 0.3) is 5.88 Å². The van der Waals surface area contributed by atoms with Crippen molar-refractivity contribution in [2.24, 2.45) is 0 Å². The van der Waals surface area contributed by atoms with Crippen LogP contribution >= 0.6 is 12.2 Å². The van der Waals surface area contributed by atoms with Crippen molar-refractivity contribution in [3.05, 3.63) is 110 Å². The van der Waals surface area contributed by atoms with Crippen molar-refractivity contribution in [1.29, 1.82) is 0 Å². The lowest BCUT2D eigenvalue weighted by Gasteiger charge is -2.21. The van der Waals surface area contributed by atoms with Gasteiger partial charge in [-0.15, -0.1) is 0 Å². The maximum atomic E-state index is 12.7. The number of aromatic amines is 1. The summed E-state index contributed by atoms with van der Waals surface area (Å²) in [6.45, 7) is -0.0326. The van der Waals surface area contributed by atoms with Gasteiger partial charge in [-0.05, 0) is 22.3 Å². The van der Waals surface area contributed by atoms with Crippen LogP contribution in [-0.2, 0) is 6.54 Å². The van der Waals surface area contributed by atoms with E-state index in [1.54, 1.807) is 6.20 Å². The summed E-state index contributed by atoms with van der Waals surface area (Å²) in [6.07, 6.45) is 5.43. The van der Waals surface area contributed by atoms with Crippen molar-refractivity contribution in [3.63, 3.8) is 0 Å². The molecule has 0 saturated heterocycles. The van der Waals surface area contributed by atoms with Crippen LogP contribution in [0.2, 0.25) is 0 Å². The Bertz CT molecular complexity index is 1470. The minimum Gasteiger partial charge on any atom is -0.449 e. The summed E-state index contributed by atoms with van der Waals surface area (Å²) in [5, 5.41) is 8.72. The number of hydrogen-bond acceptors (Lipinski definition) is 6. The average Bonchev–Trinajstić information content (AvgIpc) is 3.15. The number of benzene rings is 2. The Balaban J connectivity index is 1.62. The Morgan fingerprint density at radius 3 is 2.36 bits per heavy atom. The zero-order chi connectivity index (χ0) is 22.9. The molecule has 2 aromatic heterocycles. The highest BCUT2D eigenvalue weighted by molar-refractivity contribution is 7.71. The topological polar surface area (TPSA) is 110 Å². The van der Waals surface area contributed by atoms with Crippen molar-refractivity contribution in [1.82, 2.24) is 14.5 Å². The van der Waals surface area contributed by atoms with Gasteiger partial charge in [-0.3, -0.25) is 9.55 Å². The first-order valence-corrected chi connectivity index (χ1v) is 10.4. The highest BCUT2D eigenvalue weighted by atomic mass is 32.1. The molecule has 4 aromatic rings. The van der Waals surface area contributed by atoms with Crippen molar-refractivity contribution < 1.29 is 19.1 Å². The molecule has 0 fully saturated rings. The maximum absolute atomic E-state index is 12.7. The van der Waals surface area contributed by atoms with Gasteiger partial charge in [0.1, 0.15) is 11.2 Å². The molecule has 0 radical (unpaired) electrons. The van der Waals surface area contributed by atoms with E-state index in [1.807, 2.05) is 36.4 Å². The first-order valence-electron chi connectivity index (χ1n) is 10.0. The smallest absolute Gasteiger partial charge is 0.449 e.